The minimum Gasteiger partial charge on any atom is -0.444 e. The fourth-order valence-electron chi connectivity index (χ4n) is 4.78. The van der Waals surface area contributed by atoms with Gasteiger partial charge in [0.1, 0.15) is 17.7 Å². The first-order valence-electron chi connectivity index (χ1n) is 13.7. The Labute approximate surface area is 246 Å². The van der Waals surface area contributed by atoms with Gasteiger partial charge < -0.3 is 25.4 Å². The summed E-state index contributed by atoms with van der Waals surface area (Å²) in [6.07, 6.45) is 1.52. The zero-order chi connectivity index (χ0) is 30.2. The topological polar surface area (TPSA) is 108 Å². The normalized spacial score (nSPS) is 12.9. The van der Waals surface area contributed by atoms with Crippen LogP contribution in [0, 0.1) is 13.8 Å². The molecule has 8 nitrogen and oxygen atoms in total. The standard InChI is InChI=1S/C32H41N3O5S/c1-21-10-9-11-22(2)27(21)28(29(37)33-25-15-14-23-12-7-8-13-24(23)20-25)35(17-18-36)30(38)26(16-19-41-6)34-31(39)40-32(3,4)5/h7-15,20,26,28,36H,16-19H2,1-6H3,(H,33,37)(H,34,39). The highest BCUT2D eigenvalue weighted by Gasteiger charge is 2.37. The van der Waals surface area contributed by atoms with Crippen LogP contribution in [0.4, 0.5) is 10.5 Å². The highest BCUT2D eigenvalue weighted by atomic mass is 32.2. The fraction of sp³-hybridized carbons (Fsp3) is 0.406. The number of carbonyl (C=O) groups is 3. The molecule has 0 aliphatic rings. The van der Waals surface area contributed by atoms with Crippen molar-refractivity contribution in [2.24, 2.45) is 0 Å². The van der Waals surface area contributed by atoms with Gasteiger partial charge in [0, 0.05) is 12.2 Å². The third kappa shape index (κ3) is 8.71. The molecule has 0 heterocycles. The van der Waals surface area contributed by atoms with E-state index in [1.54, 1.807) is 20.8 Å². The van der Waals surface area contributed by atoms with Gasteiger partial charge in [-0.3, -0.25) is 9.59 Å². The summed E-state index contributed by atoms with van der Waals surface area (Å²) in [6.45, 7) is 8.56. The summed E-state index contributed by atoms with van der Waals surface area (Å²) < 4.78 is 5.43. The number of nitrogens with zero attached hydrogens (tertiary/aromatic N) is 1. The van der Waals surface area contributed by atoms with Crippen molar-refractivity contribution in [2.75, 3.05) is 30.5 Å². The van der Waals surface area contributed by atoms with Gasteiger partial charge in [0.15, 0.2) is 0 Å². The molecular weight excluding hydrogens is 538 g/mol. The summed E-state index contributed by atoms with van der Waals surface area (Å²) in [5.74, 6) is -0.295. The zero-order valence-corrected chi connectivity index (χ0v) is 25.5. The quantitative estimate of drug-likeness (QED) is 0.273. The van der Waals surface area contributed by atoms with Crippen LogP contribution in [0.2, 0.25) is 0 Å². The molecule has 2 atom stereocenters. The number of hydrogen-bond acceptors (Lipinski definition) is 6. The predicted molar refractivity (Wildman–Crippen MR) is 166 cm³/mol. The van der Waals surface area contributed by atoms with Crippen LogP contribution in [-0.2, 0) is 14.3 Å². The Kier molecular flexibility index (Phi) is 11.2. The minimum absolute atomic E-state index is 0.103. The van der Waals surface area contributed by atoms with Gasteiger partial charge >= 0.3 is 6.09 Å². The summed E-state index contributed by atoms with van der Waals surface area (Å²) in [5.41, 5.74) is 2.18. The van der Waals surface area contributed by atoms with Gasteiger partial charge in [-0.2, -0.15) is 11.8 Å². The number of anilines is 1. The van der Waals surface area contributed by atoms with Crippen molar-refractivity contribution < 1.29 is 24.2 Å². The number of nitrogens with one attached hydrogen (secondary N) is 2. The summed E-state index contributed by atoms with van der Waals surface area (Å²) >= 11 is 1.54. The third-order valence-corrected chi connectivity index (χ3v) is 7.26. The number of alkyl carbamates (subject to hydrolysis) is 1. The molecule has 0 aromatic heterocycles. The molecule has 3 N–H and O–H groups in total. The Hall–Kier alpha value is -3.56. The summed E-state index contributed by atoms with van der Waals surface area (Å²) in [7, 11) is 0. The van der Waals surface area contributed by atoms with Gasteiger partial charge in [0.25, 0.3) is 5.91 Å². The van der Waals surface area contributed by atoms with Crippen molar-refractivity contribution in [2.45, 2.75) is 58.7 Å². The van der Waals surface area contributed by atoms with Crippen LogP contribution < -0.4 is 10.6 Å². The number of aliphatic hydroxyl groups is 1. The van der Waals surface area contributed by atoms with Crippen LogP contribution in [-0.4, -0.2) is 64.7 Å². The predicted octanol–water partition coefficient (Wildman–Crippen LogP) is 5.60. The maximum absolute atomic E-state index is 14.2. The number of benzene rings is 3. The van der Waals surface area contributed by atoms with Gasteiger partial charge in [0.2, 0.25) is 5.91 Å². The second kappa shape index (κ2) is 14.4. The number of amides is 3. The van der Waals surface area contributed by atoms with Gasteiger partial charge in [0.05, 0.1) is 6.61 Å². The van der Waals surface area contributed by atoms with Crippen LogP contribution in [0.1, 0.15) is 49.9 Å². The molecule has 9 heteroatoms. The van der Waals surface area contributed by atoms with Crippen LogP contribution in [0.5, 0.6) is 0 Å². The Bertz CT molecular complexity index is 1350. The van der Waals surface area contributed by atoms with Crippen molar-refractivity contribution in [3.05, 3.63) is 77.4 Å². The third-order valence-electron chi connectivity index (χ3n) is 6.62. The van der Waals surface area contributed by atoms with E-state index in [4.69, 9.17) is 4.74 Å². The van der Waals surface area contributed by atoms with Crippen molar-refractivity contribution >= 4 is 46.1 Å². The summed E-state index contributed by atoms with van der Waals surface area (Å²) in [4.78, 5) is 42.4. The first-order valence-corrected chi connectivity index (χ1v) is 15.1. The number of aryl methyl sites for hydroxylation is 2. The monoisotopic (exact) mass is 579 g/mol. The number of ether oxygens (including phenoxy) is 1. The van der Waals surface area contributed by atoms with E-state index in [2.05, 4.69) is 10.6 Å². The highest BCUT2D eigenvalue weighted by Crippen LogP contribution is 2.30. The molecule has 41 heavy (non-hydrogen) atoms. The Morgan fingerprint density at radius 3 is 2.24 bits per heavy atom. The van der Waals surface area contributed by atoms with E-state index in [0.29, 0.717) is 23.4 Å². The molecule has 0 radical (unpaired) electrons. The van der Waals surface area contributed by atoms with Crippen LogP contribution in [0.25, 0.3) is 10.8 Å². The van der Waals surface area contributed by atoms with E-state index in [1.807, 2.05) is 80.8 Å². The first-order chi connectivity index (χ1) is 19.4. The molecule has 0 spiro atoms. The molecule has 0 aliphatic heterocycles. The molecule has 3 aromatic rings. The second-order valence-electron chi connectivity index (χ2n) is 11.0. The molecule has 3 amide bonds. The molecule has 3 rings (SSSR count). The summed E-state index contributed by atoms with van der Waals surface area (Å²) in [6, 6.07) is 17.2. The lowest BCUT2D eigenvalue weighted by Crippen LogP contribution is -2.53. The van der Waals surface area contributed by atoms with Gasteiger partial charge in [-0.05, 0) is 92.6 Å². The van der Waals surface area contributed by atoms with Gasteiger partial charge in [-0.25, -0.2) is 4.79 Å². The Balaban J connectivity index is 2.04. The fourth-order valence-corrected chi connectivity index (χ4v) is 5.25. The number of rotatable bonds is 11. The molecule has 0 fully saturated rings. The lowest BCUT2D eigenvalue weighted by Gasteiger charge is -2.35. The molecule has 220 valence electrons. The number of hydrogen-bond donors (Lipinski definition) is 3. The van der Waals surface area contributed by atoms with Gasteiger partial charge in [-0.1, -0.05) is 48.5 Å². The van der Waals surface area contributed by atoms with Crippen molar-refractivity contribution in [1.29, 1.82) is 0 Å². The van der Waals surface area contributed by atoms with Crippen LogP contribution in [0.15, 0.2) is 60.7 Å². The second-order valence-corrected chi connectivity index (χ2v) is 12.0. The maximum Gasteiger partial charge on any atom is 0.408 e. The Morgan fingerprint density at radius 1 is 0.976 bits per heavy atom. The van der Waals surface area contributed by atoms with Gasteiger partial charge in [-0.15, -0.1) is 0 Å². The number of thioether (sulfide) groups is 1. The average molecular weight is 580 g/mol. The zero-order valence-electron chi connectivity index (χ0n) is 24.7. The molecule has 3 aromatic carbocycles. The smallest absolute Gasteiger partial charge is 0.408 e. The van der Waals surface area contributed by atoms with Crippen molar-refractivity contribution in [1.82, 2.24) is 10.2 Å². The molecule has 2 unspecified atom stereocenters. The Morgan fingerprint density at radius 2 is 1.63 bits per heavy atom. The van der Waals surface area contributed by atoms with E-state index in [1.165, 1.54) is 16.7 Å². The molecule has 0 aliphatic carbocycles. The van der Waals surface area contributed by atoms with E-state index in [-0.39, 0.29) is 13.2 Å². The maximum atomic E-state index is 14.2. The van der Waals surface area contributed by atoms with Crippen molar-refractivity contribution in [3.8, 4) is 0 Å². The number of fused-ring (bicyclic) bond motifs is 1. The van der Waals surface area contributed by atoms with Crippen LogP contribution >= 0.6 is 11.8 Å². The molecule has 0 bridgehead atoms. The SMILES string of the molecule is CSCCC(NC(=O)OC(C)(C)C)C(=O)N(CCO)C(C(=O)Nc1ccc2ccccc2c1)c1c(C)cccc1C. The van der Waals surface area contributed by atoms with E-state index in [0.717, 1.165) is 21.9 Å². The first kappa shape index (κ1) is 32.0. The largest absolute Gasteiger partial charge is 0.444 e. The lowest BCUT2D eigenvalue weighted by atomic mass is 9.93. The number of carbonyl (C=O) groups excluding carboxylic acids is 3. The molecule has 0 saturated carbocycles. The van der Waals surface area contributed by atoms with E-state index >= 15 is 0 Å². The number of aliphatic hydroxyl groups excluding tert-OH is 1. The minimum atomic E-state index is -1.06. The van der Waals surface area contributed by atoms with E-state index < -0.39 is 35.6 Å². The molecular formula is C32H41N3O5S. The van der Waals surface area contributed by atoms with Crippen LogP contribution in [0.3, 0.4) is 0 Å². The average Bonchev–Trinajstić information content (AvgIpc) is 2.90. The summed E-state index contributed by atoms with van der Waals surface area (Å²) in [5, 5.41) is 17.8. The molecule has 0 saturated heterocycles. The van der Waals surface area contributed by atoms with E-state index in [9.17, 15) is 19.5 Å². The van der Waals surface area contributed by atoms with Crippen molar-refractivity contribution in [3.63, 3.8) is 0 Å². The highest BCUT2D eigenvalue weighted by molar-refractivity contribution is 7.98. The lowest BCUT2D eigenvalue weighted by molar-refractivity contribution is -0.141.